The first-order valence-electron chi connectivity index (χ1n) is 7.20. The standard InChI is InChI=1S/C16H25NO2/c1-2-16(18,11-14-7-4-3-5-8-14)15(12-17)9-6-10-19-13-15/h3-5,7-8,18H,2,6,9-13,17H2,1H3. The van der Waals surface area contributed by atoms with Crippen molar-refractivity contribution in [2.24, 2.45) is 11.1 Å². The van der Waals surface area contributed by atoms with Gasteiger partial charge in [-0.1, -0.05) is 37.3 Å². The largest absolute Gasteiger partial charge is 0.389 e. The van der Waals surface area contributed by atoms with Crippen LogP contribution in [0.1, 0.15) is 31.7 Å². The lowest BCUT2D eigenvalue weighted by Crippen LogP contribution is -2.57. The molecule has 0 saturated carbocycles. The maximum Gasteiger partial charge on any atom is 0.0775 e. The second-order valence-corrected chi connectivity index (χ2v) is 5.69. The molecular weight excluding hydrogens is 238 g/mol. The monoisotopic (exact) mass is 263 g/mol. The average molecular weight is 263 g/mol. The van der Waals surface area contributed by atoms with E-state index in [1.807, 2.05) is 25.1 Å². The molecule has 1 aromatic carbocycles. The predicted molar refractivity (Wildman–Crippen MR) is 76.9 cm³/mol. The molecule has 0 radical (unpaired) electrons. The van der Waals surface area contributed by atoms with Crippen molar-refractivity contribution in [1.82, 2.24) is 0 Å². The lowest BCUT2D eigenvalue weighted by Gasteiger charge is -2.48. The molecule has 106 valence electrons. The summed E-state index contributed by atoms with van der Waals surface area (Å²) in [6.07, 6.45) is 3.27. The minimum atomic E-state index is -0.788. The lowest BCUT2D eigenvalue weighted by atomic mass is 9.65. The van der Waals surface area contributed by atoms with Gasteiger partial charge in [0.2, 0.25) is 0 Å². The van der Waals surface area contributed by atoms with Gasteiger partial charge < -0.3 is 15.6 Å². The summed E-state index contributed by atoms with van der Waals surface area (Å²) in [4.78, 5) is 0. The Hall–Kier alpha value is -0.900. The van der Waals surface area contributed by atoms with Crippen LogP contribution in [0.3, 0.4) is 0 Å². The second kappa shape index (κ2) is 6.04. The van der Waals surface area contributed by atoms with Gasteiger partial charge in [-0.15, -0.1) is 0 Å². The summed E-state index contributed by atoms with van der Waals surface area (Å²) in [5, 5.41) is 11.2. The molecule has 1 aliphatic rings. The third-order valence-corrected chi connectivity index (χ3v) is 4.62. The number of hydrogen-bond acceptors (Lipinski definition) is 3. The smallest absolute Gasteiger partial charge is 0.0775 e. The van der Waals surface area contributed by atoms with Crippen LogP contribution in [0.2, 0.25) is 0 Å². The maximum atomic E-state index is 11.2. The molecule has 2 rings (SSSR count). The van der Waals surface area contributed by atoms with Crippen molar-refractivity contribution in [3.8, 4) is 0 Å². The Morgan fingerprint density at radius 3 is 2.63 bits per heavy atom. The van der Waals surface area contributed by atoms with E-state index in [9.17, 15) is 5.11 Å². The van der Waals surface area contributed by atoms with E-state index in [0.717, 1.165) is 25.0 Å². The Bertz CT molecular complexity index is 387. The van der Waals surface area contributed by atoms with E-state index in [2.05, 4.69) is 12.1 Å². The average Bonchev–Trinajstić information content (AvgIpc) is 2.48. The van der Waals surface area contributed by atoms with Crippen LogP contribution in [0.5, 0.6) is 0 Å². The fraction of sp³-hybridized carbons (Fsp3) is 0.625. The van der Waals surface area contributed by atoms with E-state index in [1.54, 1.807) is 0 Å². The molecule has 0 bridgehead atoms. The zero-order valence-electron chi connectivity index (χ0n) is 11.8. The summed E-state index contributed by atoms with van der Waals surface area (Å²) in [6, 6.07) is 10.1. The van der Waals surface area contributed by atoms with Crippen molar-refractivity contribution in [2.75, 3.05) is 19.8 Å². The summed E-state index contributed by atoms with van der Waals surface area (Å²) >= 11 is 0. The SMILES string of the molecule is CCC(O)(Cc1ccccc1)C1(CN)CCCOC1. The van der Waals surface area contributed by atoms with Crippen LogP contribution in [0.4, 0.5) is 0 Å². The highest BCUT2D eigenvalue weighted by molar-refractivity contribution is 5.19. The Kier molecular flexibility index (Phi) is 4.61. The van der Waals surface area contributed by atoms with Gasteiger partial charge in [0, 0.05) is 25.0 Å². The fourth-order valence-corrected chi connectivity index (χ4v) is 3.19. The Labute approximate surface area is 115 Å². The first-order valence-corrected chi connectivity index (χ1v) is 7.20. The van der Waals surface area contributed by atoms with Crippen LogP contribution in [0.25, 0.3) is 0 Å². The molecule has 1 aromatic rings. The number of benzene rings is 1. The van der Waals surface area contributed by atoms with Crippen molar-refractivity contribution >= 4 is 0 Å². The van der Waals surface area contributed by atoms with Crippen LogP contribution in [-0.2, 0) is 11.2 Å². The quantitative estimate of drug-likeness (QED) is 0.855. The topological polar surface area (TPSA) is 55.5 Å². The van der Waals surface area contributed by atoms with Crippen LogP contribution in [-0.4, -0.2) is 30.5 Å². The van der Waals surface area contributed by atoms with Crippen molar-refractivity contribution in [3.05, 3.63) is 35.9 Å². The van der Waals surface area contributed by atoms with Crippen molar-refractivity contribution in [2.45, 2.75) is 38.2 Å². The normalized spacial score (nSPS) is 26.9. The van der Waals surface area contributed by atoms with Gasteiger partial charge in [0.1, 0.15) is 0 Å². The third kappa shape index (κ3) is 2.83. The van der Waals surface area contributed by atoms with Gasteiger partial charge >= 0.3 is 0 Å². The molecule has 0 amide bonds. The third-order valence-electron chi connectivity index (χ3n) is 4.62. The van der Waals surface area contributed by atoms with E-state index >= 15 is 0 Å². The zero-order valence-corrected chi connectivity index (χ0v) is 11.8. The zero-order chi connectivity index (χ0) is 13.8. The van der Waals surface area contributed by atoms with Gasteiger partial charge in [-0.05, 0) is 24.8 Å². The van der Waals surface area contributed by atoms with Crippen molar-refractivity contribution in [3.63, 3.8) is 0 Å². The molecule has 2 unspecified atom stereocenters. The van der Waals surface area contributed by atoms with E-state index in [-0.39, 0.29) is 5.41 Å². The minimum absolute atomic E-state index is 0.310. The second-order valence-electron chi connectivity index (χ2n) is 5.69. The molecule has 2 atom stereocenters. The number of rotatable bonds is 5. The molecule has 0 spiro atoms. The Balaban J connectivity index is 2.24. The number of aliphatic hydroxyl groups is 1. The summed E-state index contributed by atoms with van der Waals surface area (Å²) in [7, 11) is 0. The van der Waals surface area contributed by atoms with Gasteiger partial charge in [-0.2, -0.15) is 0 Å². The highest BCUT2D eigenvalue weighted by Crippen LogP contribution is 2.42. The molecule has 1 fully saturated rings. The fourth-order valence-electron chi connectivity index (χ4n) is 3.19. The van der Waals surface area contributed by atoms with Crippen molar-refractivity contribution in [1.29, 1.82) is 0 Å². The molecule has 3 heteroatoms. The first-order chi connectivity index (χ1) is 9.16. The number of ether oxygens (including phenoxy) is 1. The van der Waals surface area contributed by atoms with Gasteiger partial charge in [0.25, 0.3) is 0 Å². The molecule has 1 saturated heterocycles. The highest BCUT2D eigenvalue weighted by Gasteiger charge is 2.49. The molecule has 19 heavy (non-hydrogen) atoms. The Morgan fingerprint density at radius 2 is 2.11 bits per heavy atom. The number of nitrogens with two attached hydrogens (primary N) is 1. The number of hydrogen-bond donors (Lipinski definition) is 2. The molecule has 3 N–H and O–H groups in total. The molecule has 0 aliphatic carbocycles. The molecule has 1 heterocycles. The molecule has 0 aromatic heterocycles. The van der Waals surface area contributed by atoms with E-state index < -0.39 is 5.60 Å². The van der Waals surface area contributed by atoms with E-state index in [1.165, 1.54) is 0 Å². The van der Waals surface area contributed by atoms with Crippen LogP contribution in [0.15, 0.2) is 30.3 Å². The summed E-state index contributed by atoms with van der Waals surface area (Å²) in [5.74, 6) is 0. The highest BCUT2D eigenvalue weighted by atomic mass is 16.5. The molecule has 1 aliphatic heterocycles. The molecular formula is C16H25NO2. The lowest BCUT2D eigenvalue weighted by molar-refractivity contribution is -0.145. The van der Waals surface area contributed by atoms with E-state index in [0.29, 0.717) is 26.0 Å². The van der Waals surface area contributed by atoms with Gasteiger partial charge in [-0.25, -0.2) is 0 Å². The van der Waals surface area contributed by atoms with Crippen LogP contribution < -0.4 is 5.73 Å². The Morgan fingerprint density at radius 1 is 1.37 bits per heavy atom. The van der Waals surface area contributed by atoms with Crippen LogP contribution >= 0.6 is 0 Å². The van der Waals surface area contributed by atoms with Gasteiger partial charge in [-0.3, -0.25) is 0 Å². The van der Waals surface area contributed by atoms with E-state index in [4.69, 9.17) is 10.5 Å². The molecule has 3 nitrogen and oxygen atoms in total. The summed E-state index contributed by atoms with van der Waals surface area (Å²) in [5.41, 5.74) is 6.07. The van der Waals surface area contributed by atoms with Gasteiger partial charge in [0.15, 0.2) is 0 Å². The van der Waals surface area contributed by atoms with Crippen LogP contribution in [0, 0.1) is 5.41 Å². The summed E-state index contributed by atoms with van der Waals surface area (Å²) < 4.78 is 5.62. The predicted octanol–water partition coefficient (Wildman–Crippen LogP) is 2.13. The minimum Gasteiger partial charge on any atom is -0.389 e. The van der Waals surface area contributed by atoms with Gasteiger partial charge in [0.05, 0.1) is 12.2 Å². The summed E-state index contributed by atoms with van der Waals surface area (Å²) in [6.45, 7) is 3.87. The first kappa shape index (κ1) is 14.5. The van der Waals surface area contributed by atoms with Crippen molar-refractivity contribution < 1.29 is 9.84 Å². The maximum absolute atomic E-state index is 11.2.